The topological polar surface area (TPSA) is 47.9 Å². The minimum atomic E-state index is -0.629. The summed E-state index contributed by atoms with van der Waals surface area (Å²) in [6, 6.07) is 7.21. The Balaban J connectivity index is 2.08. The number of esters is 1. The molecule has 0 spiro atoms. The molecule has 1 aliphatic heterocycles. The number of ether oxygens (including phenoxy) is 1. The first kappa shape index (κ1) is 11.0. The van der Waals surface area contributed by atoms with Crippen molar-refractivity contribution in [3.8, 4) is 0 Å². The van der Waals surface area contributed by atoms with Gasteiger partial charge in [-0.15, -0.1) is 0 Å². The van der Waals surface area contributed by atoms with Gasteiger partial charge in [-0.25, -0.2) is 4.79 Å². The molecule has 2 rings (SSSR count). The fraction of sp³-hybridized carbons (Fsp3) is 0.273. The van der Waals surface area contributed by atoms with E-state index in [1.165, 1.54) is 7.11 Å². The van der Waals surface area contributed by atoms with Gasteiger partial charge in [0.05, 0.1) is 12.8 Å². The summed E-state index contributed by atoms with van der Waals surface area (Å²) in [6.45, 7) is 0. The zero-order valence-corrected chi connectivity index (χ0v) is 9.40. The number of halogens is 1. The average Bonchev–Trinajstić information content (AvgIpc) is 2.78. The fourth-order valence-corrected chi connectivity index (χ4v) is 1.57. The van der Waals surface area contributed by atoms with Gasteiger partial charge in [0.15, 0.2) is 0 Å². The third kappa shape index (κ3) is 2.17. The first-order valence-corrected chi connectivity index (χ1v) is 5.15. The molecule has 0 N–H and O–H groups in total. The molecule has 0 amide bonds. The van der Waals surface area contributed by atoms with Crippen molar-refractivity contribution in [1.29, 1.82) is 0 Å². The van der Waals surface area contributed by atoms with Crippen LogP contribution >= 0.6 is 11.6 Å². The lowest BCUT2D eigenvalue weighted by atomic mass is 10.1. The van der Waals surface area contributed by atoms with Crippen LogP contribution in [0.1, 0.15) is 12.0 Å². The first-order chi connectivity index (χ1) is 7.70. The summed E-state index contributed by atoms with van der Waals surface area (Å²) in [4.78, 5) is 16.2. The van der Waals surface area contributed by atoms with Crippen LogP contribution in [0.3, 0.4) is 0 Å². The number of benzene rings is 1. The lowest BCUT2D eigenvalue weighted by Crippen LogP contribution is -2.22. The molecular formula is C11H10ClNO3. The SMILES string of the molecule is COC(=O)[C@H]1CC(c2ccc(Cl)cc2)=NO1. The maximum atomic E-state index is 11.2. The minimum Gasteiger partial charge on any atom is -0.466 e. The van der Waals surface area contributed by atoms with Crippen LogP contribution in [-0.2, 0) is 14.4 Å². The molecule has 84 valence electrons. The maximum Gasteiger partial charge on any atom is 0.350 e. The van der Waals surface area contributed by atoms with Crippen molar-refractivity contribution in [2.24, 2.45) is 5.16 Å². The fourth-order valence-electron chi connectivity index (χ4n) is 1.45. The second-order valence-corrected chi connectivity index (χ2v) is 3.80. The molecule has 1 aromatic carbocycles. The van der Waals surface area contributed by atoms with Gasteiger partial charge in [0.1, 0.15) is 0 Å². The highest BCUT2D eigenvalue weighted by Crippen LogP contribution is 2.19. The third-order valence-corrected chi connectivity index (χ3v) is 2.56. The molecule has 4 nitrogen and oxygen atoms in total. The van der Waals surface area contributed by atoms with E-state index in [0.29, 0.717) is 11.4 Å². The summed E-state index contributed by atoms with van der Waals surface area (Å²) in [7, 11) is 1.33. The molecule has 1 heterocycles. The lowest BCUT2D eigenvalue weighted by Gasteiger charge is -2.04. The van der Waals surface area contributed by atoms with E-state index >= 15 is 0 Å². The predicted octanol–water partition coefficient (Wildman–Crippen LogP) is 2.01. The molecule has 0 radical (unpaired) electrons. The Hall–Kier alpha value is -1.55. The van der Waals surface area contributed by atoms with Crippen LogP contribution in [0.25, 0.3) is 0 Å². The van der Waals surface area contributed by atoms with Crippen molar-refractivity contribution < 1.29 is 14.4 Å². The molecule has 0 unspecified atom stereocenters. The van der Waals surface area contributed by atoms with E-state index in [4.69, 9.17) is 16.4 Å². The van der Waals surface area contributed by atoms with Crippen LogP contribution in [0.2, 0.25) is 5.02 Å². The van der Waals surface area contributed by atoms with Crippen LogP contribution in [0.5, 0.6) is 0 Å². The molecule has 0 aromatic heterocycles. The van der Waals surface area contributed by atoms with Crippen molar-refractivity contribution in [2.45, 2.75) is 12.5 Å². The van der Waals surface area contributed by atoms with E-state index in [-0.39, 0.29) is 0 Å². The van der Waals surface area contributed by atoms with Crippen molar-refractivity contribution >= 4 is 23.3 Å². The number of hydrogen-bond acceptors (Lipinski definition) is 4. The molecule has 5 heteroatoms. The Labute approximate surface area is 97.8 Å². The Morgan fingerprint density at radius 2 is 2.19 bits per heavy atom. The van der Waals surface area contributed by atoms with E-state index in [2.05, 4.69) is 9.89 Å². The monoisotopic (exact) mass is 239 g/mol. The Bertz CT molecular complexity index is 427. The molecule has 0 bridgehead atoms. The number of carbonyl (C=O) groups excluding carboxylic acids is 1. The molecule has 0 fully saturated rings. The minimum absolute atomic E-state index is 0.410. The summed E-state index contributed by atoms with van der Waals surface area (Å²) >= 11 is 5.77. The van der Waals surface area contributed by atoms with Crippen molar-refractivity contribution in [3.05, 3.63) is 34.9 Å². The summed E-state index contributed by atoms with van der Waals surface area (Å²) in [5.74, 6) is -0.410. The summed E-state index contributed by atoms with van der Waals surface area (Å²) in [5.41, 5.74) is 1.63. The average molecular weight is 240 g/mol. The van der Waals surface area contributed by atoms with Gasteiger partial charge in [-0.05, 0) is 17.7 Å². The molecular weight excluding hydrogens is 230 g/mol. The number of methoxy groups -OCH3 is 1. The van der Waals surface area contributed by atoms with Gasteiger partial charge < -0.3 is 9.57 Å². The van der Waals surface area contributed by atoms with Gasteiger partial charge in [-0.3, -0.25) is 0 Å². The van der Waals surface area contributed by atoms with Gasteiger partial charge in [0, 0.05) is 11.4 Å². The largest absolute Gasteiger partial charge is 0.466 e. The number of hydrogen-bond donors (Lipinski definition) is 0. The third-order valence-electron chi connectivity index (χ3n) is 2.31. The van der Waals surface area contributed by atoms with Crippen LogP contribution in [0.4, 0.5) is 0 Å². The standard InChI is InChI=1S/C11H10ClNO3/c1-15-11(14)10-6-9(13-16-10)7-2-4-8(12)5-3-7/h2-5,10H,6H2,1H3/t10-/m1/s1. The Kier molecular flexibility index (Phi) is 3.10. The van der Waals surface area contributed by atoms with Crippen LogP contribution < -0.4 is 0 Å². The molecule has 1 aliphatic rings. The smallest absolute Gasteiger partial charge is 0.350 e. The second-order valence-electron chi connectivity index (χ2n) is 3.37. The van der Waals surface area contributed by atoms with Crippen molar-refractivity contribution in [3.63, 3.8) is 0 Å². The highest BCUT2D eigenvalue weighted by Gasteiger charge is 2.29. The number of nitrogens with zero attached hydrogens (tertiary/aromatic N) is 1. The molecule has 0 aliphatic carbocycles. The zero-order chi connectivity index (χ0) is 11.5. The number of rotatable bonds is 2. The van der Waals surface area contributed by atoms with Crippen LogP contribution in [0, 0.1) is 0 Å². The highest BCUT2D eigenvalue weighted by atomic mass is 35.5. The van der Waals surface area contributed by atoms with Crippen LogP contribution in [-0.4, -0.2) is 24.9 Å². The molecule has 1 atom stereocenters. The first-order valence-electron chi connectivity index (χ1n) is 4.77. The van der Waals surface area contributed by atoms with E-state index in [1.54, 1.807) is 12.1 Å². The normalized spacial score (nSPS) is 18.9. The maximum absolute atomic E-state index is 11.2. The highest BCUT2D eigenvalue weighted by molar-refractivity contribution is 6.30. The summed E-state index contributed by atoms with van der Waals surface area (Å²) in [5, 5.41) is 4.52. The molecule has 1 aromatic rings. The van der Waals surface area contributed by atoms with Crippen molar-refractivity contribution in [1.82, 2.24) is 0 Å². The zero-order valence-electron chi connectivity index (χ0n) is 8.64. The van der Waals surface area contributed by atoms with Gasteiger partial charge in [0.2, 0.25) is 6.10 Å². The lowest BCUT2D eigenvalue weighted by molar-refractivity contribution is -0.152. The summed E-state index contributed by atoms with van der Waals surface area (Å²) < 4.78 is 4.58. The number of carbonyl (C=O) groups is 1. The molecule has 16 heavy (non-hydrogen) atoms. The van der Waals surface area contributed by atoms with Gasteiger partial charge in [-0.1, -0.05) is 28.9 Å². The van der Waals surface area contributed by atoms with Crippen LogP contribution in [0.15, 0.2) is 29.4 Å². The quantitative estimate of drug-likeness (QED) is 0.742. The van der Waals surface area contributed by atoms with E-state index < -0.39 is 12.1 Å². The molecule has 0 saturated carbocycles. The van der Waals surface area contributed by atoms with E-state index in [1.807, 2.05) is 12.1 Å². The summed E-state index contributed by atoms with van der Waals surface area (Å²) in [6.07, 6.45) is -0.204. The van der Waals surface area contributed by atoms with Gasteiger partial charge in [-0.2, -0.15) is 0 Å². The second kappa shape index (κ2) is 4.53. The van der Waals surface area contributed by atoms with Gasteiger partial charge in [0.25, 0.3) is 0 Å². The van der Waals surface area contributed by atoms with E-state index in [0.717, 1.165) is 11.3 Å². The van der Waals surface area contributed by atoms with E-state index in [9.17, 15) is 4.79 Å². The molecule has 0 saturated heterocycles. The van der Waals surface area contributed by atoms with Crippen molar-refractivity contribution in [2.75, 3.05) is 7.11 Å². The Morgan fingerprint density at radius 1 is 1.50 bits per heavy atom. The Morgan fingerprint density at radius 3 is 2.81 bits per heavy atom. The number of oxime groups is 1. The predicted molar refractivity (Wildman–Crippen MR) is 59.5 cm³/mol. The van der Waals surface area contributed by atoms with Gasteiger partial charge >= 0.3 is 5.97 Å².